The highest BCUT2D eigenvalue weighted by molar-refractivity contribution is 4.76. The van der Waals surface area contributed by atoms with Crippen molar-refractivity contribution >= 4 is 0 Å². The first kappa shape index (κ1) is 11.0. The second-order valence-electron chi connectivity index (χ2n) is 3.55. The van der Waals surface area contributed by atoms with E-state index in [1.807, 2.05) is 0 Å². The number of aliphatic hydroxyl groups excluding tert-OH is 1. The van der Waals surface area contributed by atoms with Crippen molar-refractivity contribution in [1.29, 1.82) is 0 Å². The van der Waals surface area contributed by atoms with Gasteiger partial charge in [0.2, 0.25) is 0 Å². The van der Waals surface area contributed by atoms with E-state index in [4.69, 9.17) is 14.6 Å². The summed E-state index contributed by atoms with van der Waals surface area (Å²) in [6.07, 6.45) is 3.32. The zero-order valence-electron chi connectivity index (χ0n) is 8.37. The zero-order chi connectivity index (χ0) is 9.52. The lowest BCUT2D eigenvalue weighted by Crippen LogP contribution is -2.42. The van der Waals surface area contributed by atoms with Crippen LogP contribution in [0.15, 0.2) is 0 Å². The summed E-state index contributed by atoms with van der Waals surface area (Å²) in [7, 11) is 0. The maximum atomic E-state index is 8.54. The summed E-state index contributed by atoms with van der Waals surface area (Å²) < 4.78 is 10.8. The van der Waals surface area contributed by atoms with E-state index in [9.17, 15) is 0 Å². The van der Waals surface area contributed by atoms with Crippen molar-refractivity contribution in [3.8, 4) is 0 Å². The number of hydrogen-bond donors (Lipinski definition) is 1. The van der Waals surface area contributed by atoms with Gasteiger partial charge in [-0.2, -0.15) is 0 Å². The number of ether oxygens (including phenoxy) is 2. The summed E-state index contributed by atoms with van der Waals surface area (Å²) in [5.74, 6) is 0.610. The van der Waals surface area contributed by atoms with Gasteiger partial charge in [0.25, 0.3) is 0 Å². The third kappa shape index (κ3) is 3.63. The standard InChI is InChI=1S/C10H20O3/c1-2-10-9(8-13-10)7-12-6-4-3-5-11/h9-11H,2-8H2,1H3. The predicted molar refractivity (Wildman–Crippen MR) is 50.7 cm³/mol. The van der Waals surface area contributed by atoms with Gasteiger partial charge in [-0.3, -0.25) is 0 Å². The number of aliphatic hydroxyl groups is 1. The predicted octanol–water partition coefficient (Wildman–Crippen LogP) is 1.20. The minimum atomic E-state index is 0.271. The highest BCUT2D eigenvalue weighted by Crippen LogP contribution is 2.23. The molecule has 1 saturated heterocycles. The Labute approximate surface area is 80.0 Å². The van der Waals surface area contributed by atoms with Gasteiger partial charge < -0.3 is 14.6 Å². The van der Waals surface area contributed by atoms with Crippen molar-refractivity contribution in [3.63, 3.8) is 0 Å². The molecule has 78 valence electrons. The van der Waals surface area contributed by atoms with Crippen LogP contribution in [-0.4, -0.2) is 37.6 Å². The van der Waals surface area contributed by atoms with E-state index in [0.717, 1.165) is 39.1 Å². The topological polar surface area (TPSA) is 38.7 Å². The van der Waals surface area contributed by atoms with Crippen molar-refractivity contribution in [3.05, 3.63) is 0 Å². The molecular formula is C10H20O3. The number of unbranched alkanes of at least 4 members (excludes halogenated alkanes) is 1. The first-order valence-electron chi connectivity index (χ1n) is 5.18. The Hall–Kier alpha value is -0.120. The molecule has 0 aromatic heterocycles. The lowest BCUT2D eigenvalue weighted by atomic mass is 9.97. The smallest absolute Gasteiger partial charge is 0.0645 e. The summed E-state index contributed by atoms with van der Waals surface area (Å²) >= 11 is 0. The molecule has 1 N–H and O–H groups in total. The van der Waals surface area contributed by atoms with E-state index in [0.29, 0.717) is 12.0 Å². The maximum Gasteiger partial charge on any atom is 0.0645 e. The average molecular weight is 188 g/mol. The van der Waals surface area contributed by atoms with Crippen LogP contribution in [0.2, 0.25) is 0 Å². The van der Waals surface area contributed by atoms with Gasteiger partial charge in [-0.25, -0.2) is 0 Å². The summed E-state index contributed by atoms with van der Waals surface area (Å²) in [4.78, 5) is 0. The van der Waals surface area contributed by atoms with Gasteiger partial charge in [0.05, 0.1) is 19.3 Å². The molecular weight excluding hydrogens is 168 g/mol. The van der Waals surface area contributed by atoms with Gasteiger partial charge in [0.15, 0.2) is 0 Å². The van der Waals surface area contributed by atoms with Gasteiger partial charge in [0, 0.05) is 19.1 Å². The Morgan fingerprint density at radius 3 is 2.85 bits per heavy atom. The zero-order valence-corrected chi connectivity index (χ0v) is 8.37. The summed E-state index contributed by atoms with van der Waals surface area (Å²) in [5.41, 5.74) is 0. The first-order valence-corrected chi connectivity index (χ1v) is 5.18. The van der Waals surface area contributed by atoms with Crippen LogP contribution < -0.4 is 0 Å². The molecule has 1 rings (SSSR count). The SMILES string of the molecule is CCC1OCC1COCCCCO. The molecule has 0 amide bonds. The highest BCUT2D eigenvalue weighted by atomic mass is 16.5. The van der Waals surface area contributed by atoms with Gasteiger partial charge in [-0.15, -0.1) is 0 Å². The average Bonchev–Trinajstić information content (AvgIpc) is 2.10. The molecule has 1 heterocycles. The lowest BCUT2D eigenvalue weighted by Gasteiger charge is -2.35. The highest BCUT2D eigenvalue weighted by Gasteiger charge is 2.30. The Morgan fingerprint density at radius 2 is 2.31 bits per heavy atom. The minimum Gasteiger partial charge on any atom is -0.396 e. The summed E-state index contributed by atoms with van der Waals surface area (Å²) in [5, 5.41) is 8.54. The fraction of sp³-hybridized carbons (Fsp3) is 1.00. The second kappa shape index (κ2) is 6.35. The van der Waals surface area contributed by atoms with Crippen LogP contribution >= 0.6 is 0 Å². The Balaban J connectivity index is 1.88. The van der Waals surface area contributed by atoms with Crippen molar-refractivity contribution in [2.75, 3.05) is 26.4 Å². The van der Waals surface area contributed by atoms with E-state index in [2.05, 4.69) is 6.92 Å². The normalized spacial score (nSPS) is 27.2. The molecule has 1 aliphatic rings. The van der Waals surface area contributed by atoms with Crippen LogP contribution in [0, 0.1) is 5.92 Å². The van der Waals surface area contributed by atoms with E-state index in [1.165, 1.54) is 0 Å². The Kier molecular flexibility index (Phi) is 5.35. The molecule has 0 spiro atoms. The third-order valence-corrected chi connectivity index (χ3v) is 2.48. The molecule has 3 nitrogen and oxygen atoms in total. The van der Waals surface area contributed by atoms with E-state index in [1.54, 1.807) is 0 Å². The molecule has 3 heteroatoms. The largest absolute Gasteiger partial charge is 0.396 e. The van der Waals surface area contributed by atoms with E-state index in [-0.39, 0.29) is 6.61 Å². The third-order valence-electron chi connectivity index (χ3n) is 2.48. The molecule has 1 fully saturated rings. The molecule has 0 saturated carbocycles. The van der Waals surface area contributed by atoms with Crippen molar-refractivity contribution in [1.82, 2.24) is 0 Å². The summed E-state index contributed by atoms with van der Waals surface area (Å²) in [6.45, 7) is 4.87. The van der Waals surface area contributed by atoms with Crippen LogP contribution in [0.4, 0.5) is 0 Å². The maximum absolute atomic E-state index is 8.54. The van der Waals surface area contributed by atoms with Crippen LogP contribution in [-0.2, 0) is 9.47 Å². The van der Waals surface area contributed by atoms with Gasteiger partial charge >= 0.3 is 0 Å². The lowest BCUT2D eigenvalue weighted by molar-refractivity contribution is -0.140. The van der Waals surface area contributed by atoms with Crippen LogP contribution in [0.3, 0.4) is 0 Å². The minimum absolute atomic E-state index is 0.271. The number of rotatable bonds is 7. The Morgan fingerprint density at radius 1 is 1.46 bits per heavy atom. The van der Waals surface area contributed by atoms with Crippen molar-refractivity contribution in [2.24, 2.45) is 5.92 Å². The molecule has 0 aromatic carbocycles. The molecule has 1 aliphatic heterocycles. The fourth-order valence-electron chi connectivity index (χ4n) is 1.53. The van der Waals surface area contributed by atoms with Gasteiger partial charge in [0.1, 0.15) is 0 Å². The molecule has 2 unspecified atom stereocenters. The van der Waals surface area contributed by atoms with Gasteiger partial charge in [-0.1, -0.05) is 6.92 Å². The number of hydrogen-bond acceptors (Lipinski definition) is 3. The quantitative estimate of drug-likeness (QED) is 0.610. The van der Waals surface area contributed by atoms with Gasteiger partial charge in [-0.05, 0) is 19.3 Å². The first-order chi connectivity index (χ1) is 6.38. The van der Waals surface area contributed by atoms with Crippen molar-refractivity contribution in [2.45, 2.75) is 32.3 Å². The molecule has 0 aromatic rings. The van der Waals surface area contributed by atoms with E-state index < -0.39 is 0 Å². The molecule has 0 radical (unpaired) electrons. The fourth-order valence-corrected chi connectivity index (χ4v) is 1.53. The molecule has 0 aliphatic carbocycles. The molecule has 0 bridgehead atoms. The monoisotopic (exact) mass is 188 g/mol. The molecule has 13 heavy (non-hydrogen) atoms. The second-order valence-corrected chi connectivity index (χ2v) is 3.55. The van der Waals surface area contributed by atoms with Crippen LogP contribution in [0.1, 0.15) is 26.2 Å². The Bertz CT molecular complexity index is 125. The molecule has 2 atom stereocenters. The van der Waals surface area contributed by atoms with Crippen LogP contribution in [0.25, 0.3) is 0 Å². The summed E-state index contributed by atoms with van der Waals surface area (Å²) in [6, 6.07) is 0. The van der Waals surface area contributed by atoms with Crippen molar-refractivity contribution < 1.29 is 14.6 Å². The van der Waals surface area contributed by atoms with Crippen LogP contribution in [0.5, 0.6) is 0 Å². The van der Waals surface area contributed by atoms with E-state index >= 15 is 0 Å².